The number of alkyl halides is 1. The van der Waals surface area contributed by atoms with Crippen LogP contribution in [-0.4, -0.2) is 28.7 Å². The van der Waals surface area contributed by atoms with Gasteiger partial charge in [0.2, 0.25) is 5.91 Å². The molecule has 4 aliphatic carbocycles. The van der Waals surface area contributed by atoms with Crippen LogP contribution in [0.15, 0.2) is 0 Å². The Morgan fingerprint density at radius 2 is 1.84 bits per heavy atom. The van der Waals surface area contributed by atoms with Crippen molar-refractivity contribution in [1.82, 2.24) is 4.90 Å². The molecule has 19 heavy (non-hydrogen) atoms. The van der Waals surface area contributed by atoms with Crippen molar-refractivity contribution in [2.45, 2.75) is 56.7 Å². The van der Waals surface area contributed by atoms with Crippen molar-refractivity contribution in [3.05, 3.63) is 0 Å². The zero-order valence-electron chi connectivity index (χ0n) is 12.4. The van der Waals surface area contributed by atoms with Crippen LogP contribution in [0, 0.1) is 23.2 Å². The Labute approximate surface area is 125 Å². The fraction of sp³-hybridized carbons (Fsp3) is 0.938. The number of nitrogens with zero attached hydrogens (tertiary/aromatic N) is 1. The van der Waals surface area contributed by atoms with E-state index in [0.717, 1.165) is 37.6 Å². The van der Waals surface area contributed by atoms with E-state index >= 15 is 0 Å². The molecular formula is C16H26BrNO. The number of rotatable bonds is 3. The standard InChI is InChI=1S/C16H26BrNO/c1-11(2)9-18(3)14(19)15-5-12-4-13(6-15)8-16(17,7-12)10-15/h11-13H,4-10H2,1-3H3. The van der Waals surface area contributed by atoms with E-state index in [1.165, 1.54) is 19.3 Å². The zero-order valence-corrected chi connectivity index (χ0v) is 14.0. The third-order valence-corrected chi connectivity index (χ3v) is 6.36. The van der Waals surface area contributed by atoms with Gasteiger partial charge in [0.05, 0.1) is 5.41 Å². The molecule has 108 valence electrons. The molecule has 4 saturated carbocycles. The summed E-state index contributed by atoms with van der Waals surface area (Å²) in [7, 11) is 2.00. The van der Waals surface area contributed by atoms with Crippen LogP contribution < -0.4 is 0 Å². The molecule has 0 radical (unpaired) electrons. The van der Waals surface area contributed by atoms with E-state index in [1.54, 1.807) is 0 Å². The summed E-state index contributed by atoms with van der Waals surface area (Å²) in [6.45, 7) is 5.27. The number of hydrogen-bond donors (Lipinski definition) is 0. The maximum Gasteiger partial charge on any atom is 0.228 e. The molecular weight excluding hydrogens is 302 g/mol. The minimum Gasteiger partial charge on any atom is -0.345 e. The monoisotopic (exact) mass is 327 g/mol. The van der Waals surface area contributed by atoms with E-state index in [9.17, 15) is 4.79 Å². The summed E-state index contributed by atoms with van der Waals surface area (Å²) in [4.78, 5) is 15.0. The van der Waals surface area contributed by atoms with E-state index in [1.807, 2.05) is 11.9 Å². The van der Waals surface area contributed by atoms with Gasteiger partial charge in [0.25, 0.3) is 0 Å². The molecule has 4 bridgehead atoms. The SMILES string of the molecule is CC(C)CN(C)C(=O)C12CC3CC(CC(Br)(C3)C1)C2. The van der Waals surface area contributed by atoms with E-state index in [-0.39, 0.29) is 9.74 Å². The van der Waals surface area contributed by atoms with Gasteiger partial charge >= 0.3 is 0 Å². The third-order valence-electron chi connectivity index (χ3n) is 5.43. The highest BCUT2D eigenvalue weighted by Crippen LogP contribution is 2.64. The average molecular weight is 328 g/mol. The Hall–Kier alpha value is -0.0500. The van der Waals surface area contributed by atoms with Gasteiger partial charge in [-0.25, -0.2) is 0 Å². The van der Waals surface area contributed by atoms with Crippen molar-refractivity contribution >= 4 is 21.8 Å². The molecule has 4 fully saturated rings. The molecule has 0 N–H and O–H groups in total. The Kier molecular flexibility index (Phi) is 3.28. The molecule has 2 atom stereocenters. The topological polar surface area (TPSA) is 20.3 Å². The largest absolute Gasteiger partial charge is 0.345 e. The molecule has 4 aliphatic rings. The van der Waals surface area contributed by atoms with Gasteiger partial charge in [-0.05, 0) is 56.3 Å². The molecule has 0 aliphatic heterocycles. The highest BCUT2D eigenvalue weighted by molar-refractivity contribution is 9.10. The number of carbonyl (C=O) groups excluding carboxylic acids is 1. The Balaban J connectivity index is 1.81. The smallest absolute Gasteiger partial charge is 0.228 e. The first-order valence-electron chi connectivity index (χ1n) is 7.76. The summed E-state index contributed by atoms with van der Waals surface area (Å²) in [5.41, 5.74) is -0.0305. The molecule has 0 spiro atoms. The highest BCUT2D eigenvalue weighted by atomic mass is 79.9. The van der Waals surface area contributed by atoms with Gasteiger partial charge in [-0.1, -0.05) is 29.8 Å². The third kappa shape index (κ3) is 2.36. The lowest BCUT2D eigenvalue weighted by molar-refractivity contribution is -0.154. The molecule has 3 heteroatoms. The molecule has 2 nitrogen and oxygen atoms in total. The minimum atomic E-state index is -0.0305. The van der Waals surface area contributed by atoms with Crippen LogP contribution in [0.2, 0.25) is 0 Å². The second-order valence-electron chi connectivity index (χ2n) is 7.97. The van der Waals surface area contributed by atoms with Crippen LogP contribution >= 0.6 is 15.9 Å². The minimum absolute atomic E-state index is 0.0305. The van der Waals surface area contributed by atoms with Gasteiger partial charge in [-0.15, -0.1) is 0 Å². The highest BCUT2D eigenvalue weighted by Gasteiger charge is 2.60. The van der Waals surface area contributed by atoms with Gasteiger partial charge < -0.3 is 4.90 Å². The molecule has 0 aromatic carbocycles. The first-order chi connectivity index (χ1) is 8.82. The van der Waals surface area contributed by atoms with Crippen molar-refractivity contribution in [1.29, 1.82) is 0 Å². The quantitative estimate of drug-likeness (QED) is 0.721. The van der Waals surface area contributed by atoms with Crippen LogP contribution in [0.4, 0.5) is 0 Å². The maximum absolute atomic E-state index is 13.0. The summed E-state index contributed by atoms with van der Waals surface area (Å²) in [6.07, 6.45) is 7.35. The fourth-order valence-electron chi connectivity index (χ4n) is 5.44. The van der Waals surface area contributed by atoms with Crippen LogP contribution in [0.1, 0.15) is 52.4 Å². The van der Waals surface area contributed by atoms with Crippen molar-refractivity contribution in [3.8, 4) is 0 Å². The number of hydrogen-bond acceptors (Lipinski definition) is 1. The average Bonchev–Trinajstić information content (AvgIpc) is 2.23. The van der Waals surface area contributed by atoms with Crippen molar-refractivity contribution < 1.29 is 4.79 Å². The molecule has 0 aromatic heterocycles. The molecule has 0 heterocycles. The first kappa shape index (κ1) is 13.9. The van der Waals surface area contributed by atoms with Crippen molar-refractivity contribution in [2.75, 3.05) is 13.6 Å². The lowest BCUT2D eigenvalue weighted by Crippen LogP contribution is -2.58. The van der Waals surface area contributed by atoms with E-state index in [4.69, 9.17) is 0 Å². The number of amides is 1. The Morgan fingerprint density at radius 1 is 1.26 bits per heavy atom. The van der Waals surface area contributed by atoms with Crippen LogP contribution in [0.25, 0.3) is 0 Å². The number of halogens is 1. The first-order valence-corrected chi connectivity index (χ1v) is 8.56. The zero-order chi connectivity index (χ0) is 13.8. The van der Waals surface area contributed by atoms with Gasteiger partial charge in [0.15, 0.2) is 0 Å². The summed E-state index contributed by atoms with van der Waals surface area (Å²) in [5, 5.41) is 0. The van der Waals surface area contributed by atoms with Crippen LogP contribution in [-0.2, 0) is 4.79 Å². The molecule has 4 rings (SSSR count). The fourth-order valence-corrected chi connectivity index (χ4v) is 6.89. The van der Waals surface area contributed by atoms with E-state index < -0.39 is 0 Å². The summed E-state index contributed by atoms with van der Waals surface area (Å²) in [6, 6.07) is 0. The van der Waals surface area contributed by atoms with E-state index in [2.05, 4.69) is 29.8 Å². The lowest BCUT2D eigenvalue weighted by Gasteiger charge is -2.60. The van der Waals surface area contributed by atoms with Crippen molar-refractivity contribution in [3.63, 3.8) is 0 Å². The van der Waals surface area contributed by atoms with E-state index in [0.29, 0.717) is 11.8 Å². The lowest BCUT2D eigenvalue weighted by atomic mass is 9.49. The number of carbonyl (C=O) groups is 1. The Bertz CT molecular complexity index is 378. The summed E-state index contributed by atoms with van der Waals surface area (Å²) in [5.74, 6) is 2.56. The van der Waals surface area contributed by atoms with Crippen LogP contribution in [0.5, 0.6) is 0 Å². The maximum atomic E-state index is 13.0. The van der Waals surface area contributed by atoms with Gasteiger partial charge in [-0.2, -0.15) is 0 Å². The normalized spacial score (nSPS) is 43.8. The van der Waals surface area contributed by atoms with Crippen LogP contribution in [0.3, 0.4) is 0 Å². The molecule has 2 unspecified atom stereocenters. The van der Waals surface area contributed by atoms with Gasteiger partial charge in [0.1, 0.15) is 0 Å². The predicted octanol–water partition coefficient (Wildman–Crippen LogP) is 3.83. The predicted molar refractivity (Wildman–Crippen MR) is 81.2 cm³/mol. The second kappa shape index (κ2) is 4.47. The van der Waals surface area contributed by atoms with Gasteiger partial charge in [-0.3, -0.25) is 4.79 Å². The van der Waals surface area contributed by atoms with Crippen molar-refractivity contribution in [2.24, 2.45) is 23.2 Å². The summed E-state index contributed by atoms with van der Waals surface area (Å²) >= 11 is 3.99. The van der Waals surface area contributed by atoms with Gasteiger partial charge in [0, 0.05) is 17.9 Å². The molecule has 0 aromatic rings. The Morgan fingerprint density at radius 3 is 2.32 bits per heavy atom. The molecule has 1 amide bonds. The summed E-state index contributed by atoms with van der Waals surface area (Å²) < 4.78 is 0.283. The molecule has 0 saturated heterocycles. The second-order valence-corrected chi connectivity index (χ2v) is 9.65.